The number of halogens is 1. The van der Waals surface area contributed by atoms with E-state index in [1.807, 2.05) is 12.1 Å². The molecule has 2 N–H and O–H groups in total. The lowest BCUT2D eigenvalue weighted by molar-refractivity contribution is -0.121. The molecule has 1 amide bonds. The number of carbonyl (C=O) groups excluding carboxylic acids is 1. The van der Waals surface area contributed by atoms with Gasteiger partial charge in [-0.05, 0) is 48.8 Å². The van der Waals surface area contributed by atoms with Gasteiger partial charge in [-0.15, -0.1) is 11.3 Å². The minimum absolute atomic E-state index is 0.0683. The van der Waals surface area contributed by atoms with Crippen molar-refractivity contribution in [2.24, 2.45) is 0 Å². The number of carbonyl (C=O) groups is 1. The van der Waals surface area contributed by atoms with Crippen LogP contribution in [0.2, 0.25) is 0 Å². The molecule has 0 aliphatic rings. The lowest BCUT2D eigenvalue weighted by Crippen LogP contribution is -2.38. The zero-order chi connectivity index (χ0) is 12.9. The second kappa shape index (κ2) is 6.52. The van der Waals surface area contributed by atoms with Crippen LogP contribution in [0, 0.1) is 0 Å². The topological polar surface area (TPSA) is 41.1 Å². The van der Waals surface area contributed by atoms with Crippen molar-refractivity contribution in [3.05, 3.63) is 20.8 Å². The van der Waals surface area contributed by atoms with Crippen LogP contribution in [-0.4, -0.2) is 18.0 Å². The molecule has 0 bridgehead atoms. The first-order valence-corrected chi connectivity index (χ1v) is 7.24. The van der Waals surface area contributed by atoms with Crippen molar-refractivity contribution in [2.45, 2.75) is 39.3 Å². The van der Waals surface area contributed by atoms with Crippen molar-refractivity contribution in [3.8, 4) is 0 Å². The minimum atomic E-state index is 0.0683. The maximum absolute atomic E-state index is 11.6. The van der Waals surface area contributed by atoms with Crippen molar-refractivity contribution >= 4 is 33.2 Å². The Morgan fingerprint density at radius 3 is 2.65 bits per heavy atom. The first-order chi connectivity index (χ1) is 7.87. The highest BCUT2D eigenvalue weighted by Crippen LogP contribution is 2.21. The molecule has 3 nitrogen and oxygen atoms in total. The van der Waals surface area contributed by atoms with Gasteiger partial charge in [-0.1, -0.05) is 0 Å². The molecule has 1 aromatic rings. The average Bonchev–Trinajstić information content (AvgIpc) is 2.59. The first-order valence-electron chi connectivity index (χ1n) is 5.63. The summed E-state index contributed by atoms with van der Waals surface area (Å²) in [6.45, 7) is 7.60. The fourth-order valence-corrected chi connectivity index (χ4v) is 2.69. The number of rotatable bonds is 5. The molecule has 0 saturated carbocycles. The van der Waals surface area contributed by atoms with Crippen molar-refractivity contribution < 1.29 is 4.79 Å². The van der Waals surface area contributed by atoms with Gasteiger partial charge in [-0.2, -0.15) is 0 Å². The molecule has 0 atom stereocenters. The Kier molecular flexibility index (Phi) is 5.62. The van der Waals surface area contributed by atoms with Crippen LogP contribution in [0.25, 0.3) is 0 Å². The van der Waals surface area contributed by atoms with Crippen LogP contribution in [0.1, 0.15) is 32.1 Å². The van der Waals surface area contributed by atoms with Crippen LogP contribution in [0.3, 0.4) is 0 Å². The van der Waals surface area contributed by atoms with Crippen molar-refractivity contribution in [3.63, 3.8) is 0 Å². The van der Waals surface area contributed by atoms with E-state index in [1.54, 1.807) is 11.3 Å². The standard InChI is InChI=1S/C12H19BrN2OS/c1-12(2,3)15-7-6-11(16)14-8-9-4-5-10(13)17-9/h4-5,15H,6-8H2,1-3H3,(H,14,16). The highest BCUT2D eigenvalue weighted by Gasteiger charge is 2.09. The number of hydrogen-bond donors (Lipinski definition) is 2. The summed E-state index contributed by atoms with van der Waals surface area (Å²) in [7, 11) is 0. The monoisotopic (exact) mass is 318 g/mol. The molecule has 0 unspecified atom stereocenters. The third-order valence-electron chi connectivity index (χ3n) is 2.10. The fraction of sp³-hybridized carbons (Fsp3) is 0.583. The summed E-state index contributed by atoms with van der Waals surface area (Å²) in [5.74, 6) is 0.0891. The predicted molar refractivity (Wildman–Crippen MR) is 76.2 cm³/mol. The van der Waals surface area contributed by atoms with E-state index in [1.165, 1.54) is 0 Å². The van der Waals surface area contributed by atoms with Gasteiger partial charge >= 0.3 is 0 Å². The third kappa shape index (κ3) is 6.81. The Morgan fingerprint density at radius 1 is 1.41 bits per heavy atom. The Balaban J connectivity index is 2.18. The lowest BCUT2D eigenvalue weighted by Gasteiger charge is -2.20. The number of thiophene rings is 1. The summed E-state index contributed by atoms with van der Waals surface area (Å²) in [5.41, 5.74) is 0.0683. The molecule has 0 fully saturated rings. The summed E-state index contributed by atoms with van der Waals surface area (Å²) in [6.07, 6.45) is 0.518. The maximum atomic E-state index is 11.6. The van der Waals surface area contributed by atoms with Crippen molar-refractivity contribution in [2.75, 3.05) is 6.54 Å². The quantitative estimate of drug-likeness (QED) is 0.876. The molecule has 0 spiro atoms. The summed E-state index contributed by atoms with van der Waals surface area (Å²) in [5, 5.41) is 6.20. The average molecular weight is 319 g/mol. The predicted octanol–water partition coefficient (Wildman–Crippen LogP) is 2.91. The third-order valence-corrected chi connectivity index (χ3v) is 3.72. The van der Waals surface area contributed by atoms with Crippen LogP contribution < -0.4 is 10.6 Å². The van der Waals surface area contributed by atoms with E-state index in [0.717, 1.165) is 8.66 Å². The number of hydrogen-bond acceptors (Lipinski definition) is 3. The van der Waals surface area contributed by atoms with Crippen LogP contribution in [0.15, 0.2) is 15.9 Å². The molecule has 0 aliphatic carbocycles. The van der Waals surface area contributed by atoms with Gasteiger partial charge in [-0.3, -0.25) is 4.79 Å². The molecule has 0 radical (unpaired) electrons. The van der Waals surface area contributed by atoms with Crippen LogP contribution in [-0.2, 0) is 11.3 Å². The summed E-state index contributed by atoms with van der Waals surface area (Å²) in [4.78, 5) is 12.7. The first kappa shape index (κ1) is 14.7. The van der Waals surface area contributed by atoms with Crippen LogP contribution in [0.5, 0.6) is 0 Å². The zero-order valence-corrected chi connectivity index (χ0v) is 12.9. The van der Waals surface area contributed by atoms with Gasteiger partial charge in [0.05, 0.1) is 10.3 Å². The maximum Gasteiger partial charge on any atom is 0.221 e. The summed E-state index contributed by atoms with van der Waals surface area (Å²) in [6, 6.07) is 4.01. The van der Waals surface area contributed by atoms with Gasteiger partial charge in [0, 0.05) is 23.4 Å². The minimum Gasteiger partial charge on any atom is -0.351 e. The Morgan fingerprint density at radius 2 is 2.12 bits per heavy atom. The van der Waals surface area contributed by atoms with E-state index in [4.69, 9.17) is 0 Å². The number of nitrogens with one attached hydrogen (secondary N) is 2. The highest BCUT2D eigenvalue weighted by molar-refractivity contribution is 9.11. The van der Waals surface area contributed by atoms with E-state index >= 15 is 0 Å². The highest BCUT2D eigenvalue weighted by atomic mass is 79.9. The summed E-state index contributed by atoms with van der Waals surface area (Å²) < 4.78 is 1.09. The van der Waals surface area contributed by atoms with Crippen molar-refractivity contribution in [1.29, 1.82) is 0 Å². The van der Waals surface area contributed by atoms with Gasteiger partial charge in [0.1, 0.15) is 0 Å². The second-order valence-corrected chi connectivity index (χ2v) is 7.46. The summed E-state index contributed by atoms with van der Waals surface area (Å²) >= 11 is 5.04. The van der Waals surface area contributed by atoms with E-state index in [-0.39, 0.29) is 11.4 Å². The van der Waals surface area contributed by atoms with Gasteiger partial charge in [0.15, 0.2) is 0 Å². The molecular weight excluding hydrogens is 300 g/mol. The molecule has 1 aromatic heterocycles. The van der Waals surface area contributed by atoms with Gasteiger partial charge in [0.2, 0.25) is 5.91 Å². The molecule has 5 heteroatoms. The molecular formula is C12H19BrN2OS. The molecule has 0 saturated heterocycles. The van der Waals surface area contributed by atoms with Gasteiger partial charge in [0.25, 0.3) is 0 Å². The largest absolute Gasteiger partial charge is 0.351 e. The number of amides is 1. The smallest absolute Gasteiger partial charge is 0.221 e. The van der Waals surface area contributed by atoms with Crippen LogP contribution >= 0.6 is 27.3 Å². The van der Waals surface area contributed by atoms with E-state index in [2.05, 4.69) is 47.3 Å². The van der Waals surface area contributed by atoms with Crippen LogP contribution in [0.4, 0.5) is 0 Å². The van der Waals surface area contributed by atoms with Gasteiger partial charge < -0.3 is 10.6 Å². The Bertz CT molecular complexity index is 371. The molecule has 17 heavy (non-hydrogen) atoms. The fourth-order valence-electron chi connectivity index (χ4n) is 1.27. The van der Waals surface area contributed by atoms with Gasteiger partial charge in [-0.25, -0.2) is 0 Å². The molecule has 1 heterocycles. The van der Waals surface area contributed by atoms with E-state index in [0.29, 0.717) is 19.5 Å². The zero-order valence-electron chi connectivity index (χ0n) is 10.5. The SMILES string of the molecule is CC(C)(C)NCCC(=O)NCc1ccc(Br)s1. The van der Waals surface area contributed by atoms with E-state index < -0.39 is 0 Å². The molecule has 0 aromatic carbocycles. The normalized spacial score (nSPS) is 11.5. The molecule has 96 valence electrons. The second-order valence-electron chi connectivity index (χ2n) is 4.91. The Hall–Kier alpha value is -0.390. The lowest BCUT2D eigenvalue weighted by atomic mass is 10.1. The van der Waals surface area contributed by atoms with Crippen molar-refractivity contribution in [1.82, 2.24) is 10.6 Å². The van der Waals surface area contributed by atoms with E-state index in [9.17, 15) is 4.79 Å². The molecule has 1 rings (SSSR count). The Labute approximate surface area is 115 Å². The molecule has 0 aliphatic heterocycles.